The van der Waals surface area contributed by atoms with Crippen molar-refractivity contribution in [1.82, 2.24) is 5.32 Å². The van der Waals surface area contributed by atoms with Gasteiger partial charge in [0.2, 0.25) is 6.10 Å². The number of amides is 1. The molecule has 0 radical (unpaired) electrons. The molecule has 1 atom stereocenters. The Hall–Kier alpha value is -2.33. The number of carbonyl (C=O) groups is 2. The Morgan fingerprint density at radius 1 is 1.08 bits per heavy atom. The third-order valence-electron chi connectivity index (χ3n) is 3.78. The van der Waals surface area contributed by atoms with Gasteiger partial charge in [0.1, 0.15) is 0 Å². The minimum Gasteiger partial charge on any atom is -0.447 e. The maximum absolute atomic E-state index is 12.4. The minimum absolute atomic E-state index is 0.0945. The molecule has 2 aromatic carbocycles. The first kappa shape index (κ1) is 16.5. The Balaban J connectivity index is 1.69. The van der Waals surface area contributed by atoms with Gasteiger partial charge in [0, 0.05) is 16.6 Å². The minimum atomic E-state index is -0.924. The average Bonchev–Trinajstić information content (AvgIpc) is 3.39. The van der Waals surface area contributed by atoms with Crippen LogP contribution >= 0.6 is 11.6 Å². The largest absolute Gasteiger partial charge is 0.447 e. The number of hydrogen-bond donors (Lipinski definition) is 1. The van der Waals surface area contributed by atoms with E-state index in [1.54, 1.807) is 36.4 Å². The summed E-state index contributed by atoms with van der Waals surface area (Å²) in [5.41, 5.74) is 1.46. The molecule has 24 heavy (non-hydrogen) atoms. The second kappa shape index (κ2) is 7.49. The SMILES string of the molecule is O=C(Cc1ccc(Cl)cc1)OC(C(=O)NC1CC1)c1ccccc1. The smallest absolute Gasteiger partial charge is 0.311 e. The maximum atomic E-state index is 12.4. The van der Waals surface area contributed by atoms with Gasteiger partial charge in [-0.15, -0.1) is 0 Å². The normalized spacial score (nSPS) is 14.7. The van der Waals surface area contributed by atoms with Crippen LogP contribution in [0.3, 0.4) is 0 Å². The van der Waals surface area contributed by atoms with E-state index < -0.39 is 12.1 Å². The quantitative estimate of drug-likeness (QED) is 0.817. The zero-order valence-corrected chi connectivity index (χ0v) is 13.8. The van der Waals surface area contributed by atoms with E-state index in [1.165, 1.54) is 0 Å². The predicted octanol–water partition coefficient (Wildman–Crippen LogP) is 3.45. The molecule has 0 saturated heterocycles. The molecule has 0 heterocycles. The van der Waals surface area contributed by atoms with Crippen molar-refractivity contribution in [3.63, 3.8) is 0 Å². The van der Waals surface area contributed by atoms with E-state index in [0.717, 1.165) is 18.4 Å². The van der Waals surface area contributed by atoms with Crippen molar-refractivity contribution in [3.8, 4) is 0 Å². The Bertz CT molecular complexity index is 711. The van der Waals surface area contributed by atoms with Crippen molar-refractivity contribution < 1.29 is 14.3 Å². The first-order chi connectivity index (χ1) is 11.6. The number of halogens is 1. The van der Waals surface area contributed by atoms with Gasteiger partial charge in [-0.05, 0) is 30.5 Å². The summed E-state index contributed by atoms with van der Waals surface area (Å²) in [6, 6.07) is 16.3. The van der Waals surface area contributed by atoms with Crippen LogP contribution in [0.25, 0.3) is 0 Å². The summed E-state index contributed by atoms with van der Waals surface area (Å²) in [5.74, 6) is -0.717. The lowest BCUT2D eigenvalue weighted by Gasteiger charge is -2.18. The van der Waals surface area contributed by atoms with Crippen LogP contribution in [0.15, 0.2) is 54.6 Å². The van der Waals surface area contributed by atoms with Crippen LogP contribution < -0.4 is 5.32 Å². The van der Waals surface area contributed by atoms with E-state index in [9.17, 15) is 9.59 Å². The summed E-state index contributed by atoms with van der Waals surface area (Å²) in [6.45, 7) is 0. The highest BCUT2D eigenvalue weighted by Crippen LogP contribution is 2.23. The number of esters is 1. The van der Waals surface area contributed by atoms with E-state index in [-0.39, 0.29) is 18.4 Å². The number of hydrogen-bond acceptors (Lipinski definition) is 3. The molecule has 1 aliphatic carbocycles. The van der Waals surface area contributed by atoms with Gasteiger partial charge in [0.05, 0.1) is 6.42 Å². The number of rotatable bonds is 6. The second-order valence-corrected chi connectivity index (χ2v) is 6.30. The number of carbonyl (C=O) groups excluding carboxylic acids is 2. The molecular formula is C19H18ClNO3. The van der Waals surface area contributed by atoms with Gasteiger partial charge in [-0.2, -0.15) is 0 Å². The molecule has 0 aliphatic heterocycles. The molecular weight excluding hydrogens is 326 g/mol. The number of ether oxygens (including phenoxy) is 1. The summed E-state index contributed by atoms with van der Waals surface area (Å²) >= 11 is 5.84. The molecule has 4 nitrogen and oxygen atoms in total. The summed E-state index contributed by atoms with van der Waals surface area (Å²) in [5, 5.41) is 3.50. The predicted molar refractivity (Wildman–Crippen MR) is 91.6 cm³/mol. The van der Waals surface area contributed by atoms with Gasteiger partial charge in [-0.25, -0.2) is 0 Å². The zero-order chi connectivity index (χ0) is 16.9. The summed E-state index contributed by atoms with van der Waals surface area (Å²) in [4.78, 5) is 24.7. The standard InChI is InChI=1S/C19H18ClNO3/c20-15-8-6-13(7-9-15)12-17(22)24-18(14-4-2-1-3-5-14)19(23)21-16-10-11-16/h1-9,16,18H,10-12H2,(H,21,23). The molecule has 124 valence electrons. The van der Waals surface area contributed by atoms with Gasteiger partial charge < -0.3 is 10.1 Å². The highest BCUT2D eigenvalue weighted by atomic mass is 35.5. The maximum Gasteiger partial charge on any atom is 0.311 e. The summed E-state index contributed by atoms with van der Waals surface area (Å²) in [6.07, 6.45) is 1.13. The molecule has 1 saturated carbocycles. The first-order valence-electron chi connectivity index (χ1n) is 7.91. The van der Waals surface area contributed by atoms with Crippen molar-refractivity contribution >= 4 is 23.5 Å². The highest BCUT2D eigenvalue weighted by Gasteiger charge is 2.30. The lowest BCUT2D eigenvalue weighted by molar-refractivity contribution is -0.156. The van der Waals surface area contributed by atoms with E-state index in [2.05, 4.69) is 5.32 Å². The van der Waals surface area contributed by atoms with Gasteiger partial charge in [0.25, 0.3) is 5.91 Å². The molecule has 5 heteroatoms. The van der Waals surface area contributed by atoms with Crippen molar-refractivity contribution in [3.05, 3.63) is 70.7 Å². The Kier molecular flexibility index (Phi) is 5.16. The van der Waals surface area contributed by atoms with Gasteiger partial charge in [-0.3, -0.25) is 9.59 Å². The molecule has 1 fully saturated rings. The van der Waals surface area contributed by atoms with Crippen LogP contribution in [0, 0.1) is 0 Å². The first-order valence-corrected chi connectivity index (χ1v) is 8.29. The Labute approximate surface area is 145 Å². The van der Waals surface area contributed by atoms with E-state index in [4.69, 9.17) is 16.3 Å². The molecule has 1 unspecified atom stereocenters. The van der Waals surface area contributed by atoms with E-state index >= 15 is 0 Å². The molecule has 1 N–H and O–H groups in total. The van der Waals surface area contributed by atoms with Crippen molar-refractivity contribution in [2.24, 2.45) is 0 Å². The van der Waals surface area contributed by atoms with Gasteiger partial charge in [0.15, 0.2) is 0 Å². The molecule has 1 aliphatic rings. The van der Waals surface area contributed by atoms with Crippen molar-refractivity contribution in [2.75, 3.05) is 0 Å². The summed E-state index contributed by atoms with van der Waals surface area (Å²) < 4.78 is 5.48. The van der Waals surface area contributed by atoms with Gasteiger partial charge >= 0.3 is 5.97 Å². The van der Waals surface area contributed by atoms with Crippen LogP contribution in [0.5, 0.6) is 0 Å². The zero-order valence-electron chi connectivity index (χ0n) is 13.1. The molecule has 2 aromatic rings. The van der Waals surface area contributed by atoms with Crippen LogP contribution in [0.1, 0.15) is 30.1 Å². The van der Waals surface area contributed by atoms with Crippen LogP contribution in [-0.2, 0) is 20.7 Å². The second-order valence-electron chi connectivity index (χ2n) is 5.87. The van der Waals surface area contributed by atoms with Gasteiger partial charge in [-0.1, -0.05) is 54.1 Å². The van der Waals surface area contributed by atoms with Crippen molar-refractivity contribution in [2.45, 2.75) is 31.4 Å². The average molecular weight is 344 g/mol. The van der Waals surface area contributed by atoms with Crippen LogP contribution in [0.4, 0.5) is 0 Å². The van der Waals surface area contributed by atoms with Crippen LogP contribution in [-0.4, -0.2) is 17.9 Å². The highest BCUT2D eigenvalue weighted by molar-refractivity contribution is 6.30. The summed E-state index contributed by atoms with van der Waals surface area (Å²) in [7, 11) is 0. The third kappa shape index (κ3) is 4.59. The molecule has 0 aromatic heterocycles. The molecule has 0 spiro atoms. The monoisotopic (exact) mass is 343 g/mol. The van der Waals surface area contributed by atoms with Crippen molar-refractivity contribution in [1.29, 1.82) is 0 Å². The van der Waals surface area contributed by atoms with E-state index in [1.807, 2.05) is 18.2 Å². The van der Waals surface area contributed by atoms with Crippen LogP contribution in [0.2, 0.25) is 5.02 Å². The Morgan fingerprint density at radius 2 is 1.75 bits per heavy atom. The lowest BCUT2D eigenvalue weighted by atomic mass is 10.1. The number of nitrogens with one attached hydrogen (secondary N) is 1. The number of benzene rings is 2. The molecule has 1 amide bonds. The molecule has 3 rings (SSSR count). The fraction of sp³-hybridized carbons (Fsp3) is 0.263. The fourth-order valence-corrected chi connectivity index (χ4v) is 2.47. The third-order valence-corrected chi connectivity index (χ3v) is 4.03. The molecule has 0 bridgehead atoms. The fourth-order valence-electron chi connectivity index (χ4n) is 2.35. The van der Waals surface area contributed by atoms with E-state index in [0.29, 0.717) is 10.6 Å². The lowest BCUT2D eigenvalue weighted by Crippen LogP contribution is -2.33. The topological polar surface area (TPSA) is 55.4 Å². The Morgan fingerprint density at radius 3 is 2.38 bits per heavy atom.